The Hall–Kier alpha value is -1.10. The average molecular weight is 183 g/mol. The van der Waals surface area contributed by atoms with Gasteiger partial charge in [-0.2, -0.15) is 0 Å². The van der Waals surface area contributed by atoms with Crippen LogP contribution in [-0.4, -0.2) is 16.2 Å². The Morgan fingerprint density at radius 2 is 2.08 bits per heavy atom. The lowest BCUT2D eigenvalue weighted by Gasteiger charge is -2.23. The Morgan fingerprint density at radius 3 is 2.62 bits per heavy atom. The van der Waals surface area contributed by atoms with E-state index in [0.717, 1.165) is 25.7 Å². The molecule has 1 saturated carbocycles. The highest BCUT2D eigenvalue weighted by Gasteiger charge is 2.22. The molecule has 5 heteroatoms. The zero-order valence-electron chi connectivity index (χ0n) is 7.32. The molecule has 72 valence electrons. The molecular weight excluding hydrogens is 170 g/mol. The van der Waals surface area contributed by atoms with Gasteiger partial charge in [-0.3, -0.25) is 9.51 Å². The SMILES string of the molecule is NC1CCC(c2noc(=O)[nH]2)CC1. The number of aromatic amines is 1. The van der Waals surface area contributed by atoms with Gasteiger partial charge in [0.05, 0.1) is 0 Å². The first-order valence-corrected chi connectivity index (χ1v) is 4.57. The number of hydrogen-bond donors (Lipinski definition) is 2. The van der Waals surface area contributed by atoms with Crippen molar-refractivity contribution in [1.82, 2.24) is 10.1 Å². The number of H-pyrrole nitrogens is 1. The summed E-state index contributed by atoms with van der Waals surface area (Å²) in [6, 6.07) is 0.315. The highest BCUT2D eigenvalue weighted by molar-refractivity contribution is 4.95. The van der Waals surface area contributed by atoms with E-state index < -0.39 is 5.76 Å². The minimum atomic E-state index is -0.468. The van der Waals surface area contributed by atoms with Crippen LogP contribution in [0.3, 0.4) is 0 Å². The summed E-state index contributed by atoms with van der Waals surface area (Å²) in [5.74, 6) is 0.535. The Bertz CT molecular complexity index is 322. The molecule has 3 N–H and O–H groups in total. The second-order valence-corrected chi connectivity index (χ2v) is 3.59. The van der Waals surface area contributed by atoms with Crippen LogP contribution in [0.15, 0.2) is 9.32 Å². The van der Waals surface area contributed by atoms with Crippen LogP contribution in [-0.2, 0) is 0 Å². The van der Waals surface area contributed by atoms with Crippen LogP contribution in [0.25, 0.3) is 0 Å². The van der Waals surface area contributed by atoms with E-state index in [-0.39, 0.29) is 0 Å². The van der Waals surface area contributed by atoms with Crippen LogP contribution in [0.5, 0.6) is 0 Å². The predicted octanol–water partition coefficient (Wildman–Crippen LogP) is 0.348. The normalized spacial score (nSPS) is 29.0. The molecule has 5 nitrogen and oxygen atoms in total. The third kappa shape index (κ3) is 1.80. The molecule has 0 unspecified atom stereocenters. The molecule has 13 heavy (non-hydrogen) atoms. The third-order valence-electron chi connectivity index (χ3n) is 2.62. The molecule has 1 aliphatic carbocycles. The minimum Gasteiger partial charge on any atom is -0.328 e. The zero-order chi connectivity index (χ0) is 9.26. The fourth-order valence-corrected chi connectivity index (χ4v) is 1.81. The van der Waals surface area contributed by atoms with Crippen LogP contribution in [0.4, 0.5) is 0 Å². The van der Waals surface area contributed by atoms with Gasteiger partial charge in [0.1, 0.15) is 0 Å². The van der Waals surface area contributed by atoms with Gasteiger partial charge in [-0.1, -0.05) is 5.16 Å². The molecule has 1 aromatic rings. The second kappa shape index (κ2) is 3.33. The Kier molecular flexibility index (Phi) is 2.18. The largest absolute Gasteiger partial charge is 0.438 e. The zero-order valence-corrected chi connectivity index (χ0v) is 7.32. The first kappa shape index (κ1) is 8.50. The standard InChI is InChI=1S/C8H13N3O2/c9-6-3-1-5(2-4-6)7-10-8(12)13-11-7/h5-6H,1-4,9H2,(H,10,11,12). The van der Waals surface area contributed by atoms with Crippen molar-refractivity contribution >= 4 is 0 Å². The third-order valence-corrected chi connectivity index (χ3v) is 2.62. The number of nitrogens with two attached hydrogens (primary N) is 1. The topological polar surface area (TPSA) is 84.9 Å². The van der Waals surface area contributed by atoms with Gasteiger partial charge in [-0.15, -0.1) is 0 Å². The van der Waals surface area contributed by atoms with Gasteiger partial charge in [-0.25, -0.2) is 4.79 Å². The molecule has 0 aromatic carbocycles. The first-order chi connectivity index (χ1) is 6.25. The lowest BCUT2D eigenvalue weighted by atomic mass is 9.86. The molecule has 1 fully saturated rings. The van der Waals surface area contributed by atoms with Gasteiger partial charge in [0.2, 0.25) is 0 Å². The maximum atomic E-state index is 10.7. The van der Waals surface area contributed by atoms with Crippen LogP contribution in [0, 0.1) is 0 Å². The molecule has 1 heterocycles. The van der Waals surface area contributed by atoms with Crippen LogP contribution < -0.4 is 11.5 Å². The van der Waals surface area contributed by atoms with E-state index in [0.29, 0.717) is 17.8 Å². The van der Waals surface area contributed by atoms with E-state index >= 15 is 0 Å². The van der Waals surface area contributed by atoms with Crippen molar-refractivity contribution in [2.75, 3.05) is 0 Å². The molecule has 2 rings (SSSR count). The van der Waals surface area contributed by atoms with Crippen LogP contribution >= 0.6 is 0 Å². The van der Waals surface area contributed by atoms with Crippen molar-refractivity contribution in [1.29, 1.82) is 0 Å². The van der Waals surface area contributed by atoms with E-state index in [4.69, 9.17) is 5.73 Å². The number of nitrogens with zero attached hydrogens (tertiary/aromatic N) is 1. The van der Waals surface area contributed by atoms with Gasteiger partial charge in [0, 0.05) is 12.0 Å². The predicted molar refractivity (Wildman–Crippen MR) is 46.3 cm³/mol. The molecule has 0 saturated heterocycles. The highest BCUT2D eigenvalue weighted by atomic mass is 16.5. The summed E-state index contributed by atoms with van der Waals surface area (Å²) in [7, 11) is 0. The molecule has 0 amide bonds. The molecule has 0 bridgehead atoms. The van der Waals surface area contributed by atoms with Gasteiger partial charge < -0.3 is 5.73 Å². The second-order valence-electron chi connectivity index (χ2n) is 3.59. The smallest absolute Gasteiger partial charge is 0.328 e. The summed E-state index contributed by atoms with van der Waals surface area (Å²) < 4.78 is 4.45. The molecule has 0 radical (unpaired) electrons. The summed E-state index contributed by atoms with van der Waals surface area (Å²) in [5.41, 5.74) is 5.76. The Labute approximate surface area is 75.3 Å². The summed E-state index contributed by atoms with van der Waals surface area (Å²) in [6.45, 7) is 0. The lowest BCUT2D eigenvalue weighted by molar-refractivity contribution is 0.351. The molecule has 1 aromatic heterocycles. The minimum absolute atomic E-state index is 0.315. The fourth-order valence-electron chi connectivity index (χ4n) is 1.81. The van der Waals surface area contributed by atoms with Crippen molar-refractivity contribution < 1.29 is 4.52 Å². The van der Waals surface area contributed by atoms with Gasteiger partial charge in [0.25, 0.3) is 0 Å². The fraction of sp³-hybridized carbons (Fsp3) is 0.750. The average Bonchev–Trinajstić information content (AvgIpc) is 2.53. The van der Waals surface area contributed by atoms with Crippen LogP contribution in [0.2, 0.25) is 0 Å². The molecule has 0 spiro atoms. The van der Waals surface area contributed by atoms with Crippen molar-refractivity contribution in [3.63, 3.8) is 0 Å². The Morgan fingerprint density at radius 1 is 1.38 bits per heavy atom. The molecular formula is C8H13N3O2. The molecule has 1 aliphatic rings. The van der Waals surface area contributed by atoms with E-state index in [9.17, 15) is 4.79 Å². The summed E-state index contributed by atoms with van der Waals surface area (Å²) >= 11 is 0. The Balaban J connectivity index is 2.06. The van der Waals surface area contributed by atoms with E-state index in [1.165, 1.54) is 0 Å². The monoisotopic (exact) mass is 183 g/mol. The van der Waals surface area contributed by atoms with Crippen LogP contribution in [0.1, 0.15) is 37.4 Å². The van der Waals surface area contributed by atoms with Crippen molar-refractivity contribution in [3.05, 3.63) is 16.4 Å². The number of nitrogens with one attached hydrogen (secondary N) is 1. The van der Waals surface area contributed by atoms with Crippen molar-refractivity contribution in [2.45, 2.75) is 37.6 Å². The number of hydrogen-bond acceptors (Lipinski definition) is 4. The van der Waals surface area contributed by atoms with Gasteiger partial charge in [-0.05, 0) is 25.7 Å². The highest BCUT2D eigenvalue weighted by Crippen LogP contribution is 2.29. The summed E-state index contributed by atoms with van der Waals surface area (Å²) in [5, 5.41) is 3.68. The lowest BCUT2D eigenvalue weighted by Crippen LogP contribution is -2.26. The van der Waals surface area contributed by atoms with E-state index in [1.54, 1.807) is 0 Å². The summed E-state index contributed by atoms with van der Waals surface area (Å²) in [4.78, 5) is 13.3. The number of aromatic nitrogens is 2. The number of rotatable bonds is 1. The molecule has 0 atom stereocenters. The summed E-state index contributed by atoms with van der Waals surface area (Å²) in [6.07, 6.45) is 3.98. The maximum Gasteiger partial charge on any atom is 0.438 e. The van der Waals surface area contributed by atoms with Crippen molar-refractivity contribution in [2.24, 2.45) is 5.73 Å². The first-order valence-electron chi connectivity index (χ1n) is 4.57. The maximum absolute atomic E-state index is 10.7. The van der Waals surface area contributed by atoms with Gasteiger partial charge in [0.15, 0.2) is 5.82 Å². The van der Waals surface area contributed by atoms with Gasteiger partial charge >= 0.3 is 5.76 Å². The van der Waals surface area contributed by atoms with E-state index in [2.05, 4.69) is 14.7 Å². The van der Waals surface area contributed by atoms with E-state index in [1.807, 2.05) is 0 Å². The molecule has 0 aliphatic heterocycles. The quantitative estimate of drug-likeness (QED) is 0.657. The van der Waals surface area contributed by atoms with Crippen molar-refractivity contribution in [3.8, 4) is 0 Å².